The Balaban J connectivity index is 1.50. The molecule has 0 radical (unpaired) electrons. The molecule has 3 aliphatic rings. The Labute approximate surface area is 139 Å². The molecule has 2 atom stereocenters. The molecule has 0 saturated carbocycles. The fraction of sp³-hybridized carbons (Fsp3) is 0.412. The zero-order valence-electron chi connectivity index (χ0n) is 12.6. The van der Waals surface area contributed by atoms with Crippen LogP contribution < -0.4 is 15.4 Å². The SMILES string of the molecule is N#CC1C2=C(CNCC2)SC1NC(=O)c1ccc2c(c1)OCC2. The fourth-order valence-electron chi connectivity index (χ4n) is 3.31. The third-order valence-corrected chi connectivity index (χ3v) is 5.87. The van der Waals surface area contributed by atoms with E-state index in [9.17, 15) is 10.1 Å². The molecule has 23 heavy (non-hydrogen) atoms. The van der Waals surface area contributed by atoms with Gasteiger partial charge in [0, 0.05) is 23.4 Å². The summed E-state index contributed by atoms with van der Waals surface area (Å²) in [4.78, 5) is 13.8. The van der Waals surface area contributed by atoms with E-state index in [0.717, 1.165) is 37.2 Å². The van der Waals surface area contributed by atoms with Gasteiger partial charge in [-0.05, 0) is 36.2 Å². The van der Waals surface area contributed by atoms with Crippen molar-refractivity contribution in [1.29, 1.82) is 5.26 Å². The van der Waals surface area contributed by atoms with Crippen LogP contribution in [-0.4, -0.2) is 31.0 Å². The van der Waals surface area contributed by atoms with E-state index in [1.807, 2.05) is 12.1 Å². The summed E-state index contributed by atoms with van der Waals surface area (Å²) in [6.07, 6.45) is 1.79. The number of thioether (sulfide) groups is 1. The number of hydrogen-bond donors (Lipinski definition) is 2. The third kappa shape index (κ3) is 2.60. The van der Waals surface area contributed by atoms with Crippen LogP contribution in [0.5, 0.6) is 5.75 Å². The maximum Gasteiger partial charge on any atom is 0.252 e. The van der Waals surface area contributed by atoms with Gasteiger partial charge in [0.25, 0.3) is 5.91 Å². The van der Waals surface area contributed by atoms with Gasteiger partial charge in [-0.3, -0.25) is 4.79 Å². The first-order chi connectivity index (χ1) is 11.3. The van der Waals surface area contributed by atoms with Gasteiger partial charge in [0.15, 0.2) is 0 Å². The number of carbonyl (C=O) groups excluding carboxylic acids is 1. The van der Waals surface area contributed by atoms with Crippen LogP contribution in [0.4, 0.5) is 0 Å². The highest BCUT2D eigenvalue weighted by Crippen LogP contribution is 2.43. The van der Waals surface area contributed by atoms with E-state index in [1.54, 1.807) is 17.8 Å². The van der Waals surface area contributed by atoms with E-state index in [-0.39, 0.29) is 17.2 Å². The Bertz CT molecular complexity index is 738. The van der Waals surface area contributed by atoms with E-state index in [1.165, 1.54) is 10.5 Å². The lowest BCUT2D eigenvalue weighted by Crippen LogP contribution is -2.36. The molecule has 2 N–H and O–H groups in total. The number of amides is 1. The largest absolute Gasteiger partial charge is 0.493 e. The molecular weight excluding hydrogens is 310 g/mol. The molecule has 0 aliphatic carbocycles. The topological polar surface area (TPSA) is 74.2 Å². The number of hydrogen-bond acceptors (Lipinski definition) is 5. The number of benzene rings is 1. The maximum atomic E-state index is 12.5. The molecule has 3 heterocycles. The van der Waals surface area contributed by atoms with E-state index in [2.05, 4.69) is 16.7 Å². The molecule has 6 heteroatoms. The van der Waals surface area contributed by atoms with Gasteiger partial charge in [0.1, 0.15) is 5.75 Å². The van der Waals surface area contributed by atoms with E-state index in [4.69, 9.17) is 4.74 Å². The van der Waals surface area contributed by atoms with Crippen LogP contribution >= 0.6 is 11.8 Å². The van der Waals surface area contributed by atoms with Crippen molar-refractivity contribution in [2.24, 2.45) is 5.92 Å². The first-order valence-electron chi connectivity index (χ1n) is 7.82. The van der Waals surface area contributed by atoms with Crippen molar-refractivity contribution in [3.05, 3.63) is 39.8 Å². The molecule has 0 fully saturated rings. The molecule has 3 aliphatic heterocycles. The van der Waals surface area contributed by atoms with Gasteiger partial charge in [0.2, 0.25) is 0 Å². The molecule has 5 nitrogen and oxygen atoms in total. The highest BCUT2D eigenvalue weighted by atomic mass is 32.2. The number of fused-ring (bicyclic) bond motifs is 1. The average Bonchev–Trinajstić information content (AvgIpc) is 3.17. The zero-order valence-corrected chi connectivity index (χ0v) is 13.4. The lowest BCUT2D eigenvalue weighted by atomic mass is 9.95. The Kier molecular flexibility index (Phi) is 3.76. The van der Waals surface area contributed by atoms with Crippen LogP contribution in [0.25, 0.3) is 0 Å². The van der Waals surface area contributed by atoms with Crippen molar-refractivity contribution in [1.82, 2.24) is 10.6 Å². The van der Waals surface area contributed by atoms with Crippen LogP contribution in [0, 0.1) is 17.2 Å². The van der Waals surface area contributed by atoms with Crippen LogP contribution in [-0.2, 0) is 6.42 Å². The monoisotopic (exact) mass is 327 g/mol. The van der Waals surface area contributed by atoms with Crippen LogP contribution in [0.3, 0.4) is 0 Å². The summed E-state index contributed by atoms with van der Waals surface area (Å²) in [5.74, 6) is 0.427. The van der Waals surface area contributed by atoms with Crippen LogP contribution in [0.2, 0.25) is 0 Å². The fourth-order valence-corrected chi connectivity index (χ4v) is 4.71. The number of nitrogens with one attached hydrogen (secondary N) is 2. The van der Waals surface area contributed by atoms with Crippen molar-refractivity contribution >= 4 is 17.7 Å². The van der Waals surface area contributed by atoms with Gasteiger partial charge in [-0.1, -0.05) is 6.07 Å². The molecule has 1 aromatic carbocycles. The summed E-state index contributed by atoms with van der Waals surface area (Å²) < 4.78 is 5.52. The molecular formula is C17H17N3O2S. The molecule has 118 valence electrons. The number of nitriles is 1. The Hall–Kier alpha value is -1.97. The van der Waals surface area contributed by atoms with Crippen molar-refractivity contribution in [3.63, 3.8) is 0 Å². The predicted octanol–water partition coefficient (Wildman–Crippen LogP) is 1.81. The van der Waals surface area contributed by atoms with Crippen molar-refractivity contribution in [3.8, 4) is 11.8 Å². The summed E-state index contributed by atoms with van der Waals surface area (Å²) >= 11 is 1.61. The smallest absolute Gasteiger partial charge is 0.252 e. The molecule has 0 saturated heterocycles. The normalized spacial score (nSPS) is 25.3. The van der Waals surface area contributed by atoms with Crippen LogP contribution in [0.1, 0.15) is 22.3 Å². The van der Waals surface area contributed by atoms with Gasteiger partial charge in [-0.2, -0.15) is 5.26 Å². The van der Waals surface area contributed by atoms with Gasteiger partial charge < -0.3 is 15.4 Å². The summed E-state index contributed by atoms with van der Waals surface area (Å²) in [6.45, 7) is 2.39. The second kappa shape index (κ2) is 5.91. The average molecular weight is 327 g/mol. The predicted molar refractivity (Wildman–Crippen MR) is 88.1 cm³/mol. The molecule has 1 aromatic rings. The van der Waals surface area contributed by atoms with Gasteiger partial charge in [-0.25, -0.2) is 0 Å². The summed E-state index contributed by atoms with van der Waals surface area (Å²) in [7, 11) is 0. The first kappa shape index (κ1) is 14.6. The Morgan fingerprint density at radius 3 is 3.22 bits per heavy atom. The van der Waals surface area contributed by atoms with Crippen molar-refractivity contribution in [2.75, 3.05) is 19.7 Å². The van der Waals surface area contributed by atoms with Crippen LogP contribution in [0.15, 0.2) is 28.7 Å². The summed E-state index contributed by atoms with van der Waals surface area (Å²) in [5.41, 5.74) is 2.93. The van der Waals surface area contributed by atoms with E-state index >= 15 is 0 Å². The van der Waals surface area contributed by atoms with E-state index < -0.39 is 0 Å². The second-order valence-electron chi connectivity index (χ2n) is 5.91. The number of nitrogens with zero attached hydrogens (tertiary/aromatic N) is 1. The molecule has 0 spiro atoms. The molecule has 2 unspecified atom stereocenters. The van der Waals surface area contributed by atoms with E-state index in [0.29, 0.717) is 12.2 Å². The van der Waals surface area contributed by atoms with Gasteiger partial charge in [-0.15, -0.1) is 11.8 Å². The Morgan fingerprint density at radius 2 is 2.35 bits per heavy atom. The molecule has 0 aromatic heterocycles. The summed E-state index contributed by atoms with van der Waals surface area (Å²) in [5, 5.41) is 15.6. The lowest BCUT2D eigenvalue weighted by molar-refractivity contribution is 0.0946. The highest BCUT2D eigenvalue weighted by Gasteiger charge is 2.37. The molecule has 1 amide bonds. The number of ether oxygens (including phenoxy) is 1. The first-order valence-corrected chi connectivity index (χ1v) is 8.70. The van der Waals surface area contributed by atoms with Gasteiger partial charge in [0.05, 0.1) is 24.0 Å². The summed E-state index contributed by atoms with van der Waals surface area (Å²) in [6, 6.07) is 7.95. The molecule has 0 bridgehead atoms. The quantitative estimate of drug-likeness (QED) is 0.866. The molecule has 4 rings (SSSR count). The minimum atomic E-state index is -0.230. The highest BCUT2D eigenvalue weighted by molar-refractivity contribution is 8.04. The third-order valence-electron chi connectivity index (χ3n) is 4.53. The number of carbonyl (C=O) groups is 1. The van der Waals surface area contributed by atoms with Crippen molar-refractivity contribution in [2.45, 2.75) is 18.2 Å². The second-order valence-corrected chi connectivity index (χ2v) is 7.15. The lowest BCUT2D eigenvalue weighted by Gasteiger charge is -2.17. The maximum absolute atomic E-state index is 12.5. The standard InChI is InChI=1S/C17H17N3O2S/c18-8-13-12-3-5-19-9-15(12)23-17(13)20-16(21)11-2-1-10-4-6-22-14(10)7-11/h1-2,7,13,17,19H,3-6,9H2,(H,20,21). The minimum Gasteiger partial charge on any atom is -0.493 e. The van der Waals surface area contributed by atoms with Gasteiger partial charge >= 0.3 is 0 Å². The Morgan fingerprint density at radius 1 is 1.43 bits per heavy atom. The number of rotatable bonds is 2. The zero-order chi connectivity index (χ0) is 15.8. The minimum absolute atomic E-state index is 0.145. The van der Waals surface area contributed by atoms with Crippen molar-refractivity contribution < 1.29 is 9.53 Å².